The fourth-order valence-electron chi connectivity index (χ4n) is 1.28. The zero-order valence-corrected chi connectivity index (χ0v) is 10.5. The van der Waals surface area contributed by atoms with Crippen LogP contribution >= 0.6 is 22.9 Å². The van der Waals surface area contributed by atoms with Gasteiger partial charge in [-0.2, -0.15) is 5.10 Å². The molecule has 1 amide bonds. The highest BCUT2D eigenvalue weighted by Crippen LogP contribution is 2.22. The molecule has 0 unspecified atom stereocenters. The Hall–Kier alpha value is -1.86. The number of halogens is 1. The number of aliphatic carboxylic acids is 1. The van der Waals surface area contributed by atoms with Crippen LogP contribution in [0, 0.1) is 0 Å². The summed E-state index contributed by atoms with van der Waals surface area (Å²) >= 11 is 6.89. The van der Waals surface area contributed by atoms with Crippen molar-refractivity contribution in [1.29, 1.82) is 0 Å². The molecule has 2 aromatic rings. The van der Waals surface area contributed by atoms with Gasteiger partial charge in [0.05, 0.1) is 21.1 Å². The van der Waals surface area contributed by atoms with Crippen LogP contribution in [0.25, 0.3) is 0 Å². The second kappa shape index (κ2) is 5.19. The van der Waals surface area contributed by atoms with Crippen LogP contribution in [0.3, 0.4) is 0 Å². The van der Waals surface area contributed by atoms with Crippen LogP contribution < -0.4 is 5.32 Å². The molecule has 6 nitrogen and oxygen atoms in total. The first-order chi connectivity index (χ1) is 8.54. The van der Waals surface area contributed by atoms with E-state index in [0.717, 1.165) is 11.3 Å². The molecule has 8 heteroatoms. The monoisotopic (exact) mass is 285 g/mol. The summed E-state index contributed by atoms with van der Waals surface area (Å²) in [5, 5.41) is 15.0. The number of anilines is 1. The van der Waals surface area contributed by atoms with Crippen LogP contribution in [0.15, 0.2) is 24.5 Å². The predicted molar refractivity (Wildman–Crippen MR) is 67.1 cm³/mol. The van der Waals surface area contributed by atoms with Gasteiger partial charge < -0.3 is 10.4 Å². The third kappa shape index (κ3) is 3.08. The minimum atomic E-state index is -0.999. The number of rotatable bonds is 4. The van der Waals surface area contributed by atoms with Crippen LogP contribution in [0.2, 0.25) is 4.34 Å². The number of aromatic nitrogens is 2. The normalized spacial score (nSPS) is 10.3. The van der Waals surface area contributed by atoms with Gasteiger partial charge in [-0.1, -0.05) is 11.6 Å². The zero-order chi connectivity index (χ0) is 13.1. The van der Waals surface area contributed by atoms with E-state index in [-0.39, 0.29) is 12.5 Å². The van der Waals surface area contributed by atoms with E-state index in [1.54, 1.807) is 12.1 Å². The minimum Gasteiger partial charge on any atom is -0.480 e. The van der Waals surface area contributed by atoms with Gasteiger partial charge in [0, 0.05) is 6.20 Å². The molecule has 94 valence electrons. The average molecular weight is 286 g/mol. The largest absolute Gasteiger partial charge is 0.480 e. The van der Waals surface area contributed by atoms with Crippen molar-refractivity contribution in [3.05, 3.63) is 33.7 Å². The Morgan fingerprint density at radius 3 is 2.89 bits per heavy atom. The molecule has 2 N–H and O–H groups in total. The first kappa shape index (κ1) is 12.6. The van der Waals surface area contributed by atoms with E-state index in [1.165, 1.54) is 17.1 Å². The number of carbonyl (C=O) groups is 2. The third-order valence-corrected chi connectivity index (χ3v) is 3.22. The lowest BCUT2D eigenvalue weighted by Gasteiger charge is -1.98. The van der Waals surface area contributed by atoms with Crippen molar-refractivity contribution in [3.8, 4) is 0 Å². The van der Waals surface area contributed by atoms with Gasteiger partial charge in [0.1, 0.15) is 6.54 Å². The minimum absolute atomic E-state index is 0.249. The Morgan fingerprint density at radius 1 is 1.50 bits per heavy atom. The quantitative estimate of drug-likeness (QED) is 0.899. The third-order valence-electron chi connectivity index (χ3n) is 1.99. The van der Waals surface area contributed by atoms with E-state index in [2.05, 4.69) is 10.4 Å². The summed E-state index contributed by atoms with van der Waals surface area (Å²) in [5.74, 6) is -1.30. The van der Waals surface area contributed by atoms with E-state index >= 15 is 0 Å². The van der Waals surface area contributed by atoms with E-state index in [0.29, 0.717) is 14.9 Å². The smallest absolute Gasteiger partial charge is 0.325 e. The first-order valence-electron chi connectivity index (χ1n) is 4.85. The summed E-state index contributed by atoms with van der Waals surface area (Å²) in [7, 11) is 0. The molecule has 0 aromatic carbocycles. The van der Waals surface area contributed by atoms with Crippen LogP contribution in [0.4, 0.5) is 5.69 Å². The van der Waals surface area contributed by atoms with E-state index in [4.69, 9.17) is 16.7 Å². The fourth-order valence-corrected chi connectivity index (χ4v) is 2.22. The van der Waals surface area contributed by atoms with Gasteiger partial charge in [0.15, 0.2) is 0 Å². The number of nitrogens with zero attached hydrogens (tertiary/aromatic N) is 2. The maximum absolute atomic E-state index is 11.7. The highest BCUT2D eigenvalue weighted by atomic mass is 35.5. The number of carboxylic acids is 1. The molecule has 0 fully saturated rings. The van der Waals surface area contributed by atoms with Crippen molar-refractivity contribution in [2.75, 3.05) is 5.32 Å². The van der Waals surface area contributed by atoms with Crippen LogP contribution in [0.1, 0.15) is 9.67 Å². The van der Waals surface area contributed by atoms with Crippen molar-refractivity contribution in [2.24, 2.45) is 0 Å². The van der Waals surface area contributed by atoms with Crippen molar-refractivity contribution in [3.63, 3.8) is 0 Å². The summed E-state index contributed by atoms with van der Waals surface area (Å²) < 4.78 is 1.75. The molecule has 18 heavy (non-hydrogen) atoms. The van der Waals surface area contributed by atoms with Gasteiger partial charge in [-0.05, 0) is 12.1 Å². The van der Waals surface area contributed by atoms with E-state index < -0.39 is 5.97 Å². The topological polar surface area (TPSA) is 84.2 Å². The molecule has 2 heterocycles. The molecule has 0 aliphatic heterocycles. The van der Waals surface area contributed by atoms with Crippen LogP contribution in [-0.4, -0.2) is 26.8 Å². The lowest BCUT2D eigenvalue weighted by Crippen LogP contribution is -2.10. The summed E-state index contributed by atoms with van der Waals surface area (Å²) in [6.45, 7) is -0.249. The van der Waals surface area contributed by atoms with Crippen molar-refractivity contribution in [1.82, 2.24) is 9.78 Å². The van der Waals surface area contributed by atoms with Gasteiger partial charge in [0.25, 0.3) is 5.91 Å². The molecule has 0 spiro atoms. The molecule has 0 aliphatic carbocycles. The fraction of sp³-hybridized carbons (Fsp3) is 0.100. The Bertz CT molecular complexity index is 593. The Kier molecular flexibility index (Phi) is 3.63. The van der Waals surface area contributed by atoms with Gasteiger partial charge in [-0.25, -0.2) is 0 Å². The lowest BCUT2D eigenvalue weighted by atomic mass is 10.4. The number of thiophene rings is 1. The molecule has 0 radical (unpaired) electrons. The maximum Gasteiger partial charge on any atom is 0.325 e. The molecule has 0 saturated carbocycles. The highest BCUT2D eigenvalue weighted by molar-refractivity contribution is 7.18. The van der Waals surface area contributed by atoms with Crippen LogP contribution in [0.5, 0.6) is 0 Å². The number of nitrogens with one attached hydrogen (secondary N) is 1. The Balaban J connectivity index is 2.03. The van der Waals surface area contributed by atoms with Crippen molar-refractivity contribution >= 4 is 40.5 Å². The molecule has 2 rings (SSSR count). The molecule has 0 saturated heterocycles. The molecule has 2 aromatic heterocycles. The summed E-state index contributed by atoms with van der Waals surface area (Å²) in [6, 6.07) is 3.25. The number of carboxylic acid groups (broad SMARTS) is 1. The Labute approximate surface area is 111 Å². The van der Waals surface area contributed by atoms with Gasteiger partial charge in [-0.15, -0.1) is 11.3 Å². The van der Waals surface area contributed by atoms with E-state index in [1.807, 2.05) is 0 Å². The molecule has 0 aliphatic rings. The van der Waals surface area contributed by atoms with Crippen LogP contribution in [-0.2, 0) is 11.3 Å². The van der Waals surface area contributed by atoms with Crippen molar-refractivity contribution < 1.29 is 14.7 Å². The van der Waals surface area contributed by atoms with Gasteiger partial charge in [0.2, 0.25) is 0 Å². The lowest BCUT2D eigenvalue weighted by molar-refractivity contribution is -0.137. The zero-order valence-electron chi connectivity index (χ0n) is 8.96. The number of hydrogen-bond acceptors (Lipinski definition) is 4. The molecule has 0 bridgehead atoms. The highest BCUT2D eigenvalue weighted by Gasteiger charge is 2.10. The van der Waals surface area contributed by atoms with Gasteiger partial charge >= 0.3 is 5.97 Å². The average Bonchev–Trinajstić information content (AvgIpc) is 2.87. The summed E-state index contributed by atoms with van der Waals surface area (Å²) in [6.07, 6.45) is 2.83. The SMILES string of the molecule is O=C(O)Cn1cc(NC(=O)c2ccc(Cl)s2)cn1. The molecular formula is C10H8ClN3O3S. The number of hydrogen-bond donors (Lipinski definition) is 2. The standard InChI is InChI=1S/C10H8ClN3O3S/c11-8-2-1-7(18-8)10(17)13-6-3-12-14(4-6)5-9(15)16/h1-4H,5H2,(H,13,17)(H,15,16). The van der Waals surface area contributed by atoms with E-state index in [9.17, 15) is 9.59 Å². The summed E-state index contributed by atoms with van der Waals surface area (Å²) in [4.78, 5) is 22.7. The predicted octanol–water partition coefficient (Wildman–Crippen LogP) is 1.93. The number of carbonyl (C=O) groups excluding carboxylic acids is 1. The van der Waals surface area contributed by atoms with Crippen molar-refractivity contribution in [2.45, 2.75) is 6.54 Å². The number of amides is 1. The second-order valence-corrected chi connectivity index (χ2v) is 5.09. The first-order valence-corrected chi connectivity index (χ1v) is 6.05. The Morgan fingerprint density at radius 2 is 2.28 bits per heavy atom. The maximum atomic E-state index is 11.7. The summed E-state index contributed by atoms with van der Waals surface area (Å²) in [5.41, 5.74) is 0.436. The molecular weight excluding hydrogens is 278 g/mol. The second-order valence-electron chi connectivity index (χ2n) is 3.38. The van der Waals surface area contributed by atoms with Gasteiger partial charge in [-0.3, -0.25) is 14.3 Å². The molecule has 0 atom stereocenters.